The zero-order valence-electron chi connectivity index (χ0n) is 2.89. The van der Waals surface area contributed by atoms with Gasteiger partial charge in [0.25, 0.3) is 0 Å². The van der Waals surface area contributed by atoms with Crippen molar-refractivity contribution in [2.24, 2.45) is 5.73 Å². The lowest BCUT2D eigenvalue weighted by molar-refractivity contribution is 1.05. The molecule has 28 valence electrons. The van der Waals surface area contributed by atoms with Gasteiger partial charge in [-0.15, -0.1) is 0 Å². The maximum Gasteiger partial charge on any atom is 0.0914 e. The molecule has 3 heteroatoms. The molecule has 0 saturated heterocycles. The molecule has 0 amide bonds. The van der Waals surface area contributed by atoms with Crippen LogP contribution in [0.5, 0.6) is 0 Å². The third kappa shape index (κ3) is 4.37. The van der Waals surface area contributed by atoms with Crippen LogP contribution in [0.1, 0.15) is 0 Å². The van der Waals surface area contributed by atoms with Crippen LogP contribution >= 0.6 is 12.6 Å². The highest BCUT2D eigenvalue weighted by Gasteiger charge is 1.80. The Balaban J connectivity index is 2.54. The fraction of sp³-hybridized carbons (Fsp3) is 1.00. The number of thiol groups is 1. The summed E-state index contributed by atoms with van der Waals surface area (Å²) in [4.78, 5) is 0. The minimum Gasteiger partial charge on any atom is -0.335 e. The summed E-state index contributed by atoms with van der Waals surface area (Å²) < 4.78 is 0. The third-order valence-electron chi connectivity index (χ3n) is 0.211. The van der Waals surface area contributed by atoms with Gasteiger partial charge in [0.05, 0.1) is 7.85 Å². The SMILES string of the molecule is [B]C(N)CS. The van der Waals surface area contributed by atoms with Crippen LogP contribution in [0.4, 0.5) is 0 Å². The molecular formula is C2H6BNS. The van der Waals surface area contributed by atoms with Gasteiger partial charge < -0.3 is 5.73 Å². The Morgan fingerprint density at radius 2 is 2.20 bits per heavy atom. The molecule has 0 aliphatic carbocycles. The number of hydrogen-bond donors (Lipinski definition) is 2. The lowest BCUT2D eigenvalue weighted by Crippen LogP contribution is -2.20. The van der Waals surface area contributed by atoms with Gasteiger partial charge in [0, 0.05) is 0 Å². The quantitative estimate of drug-likeness (QED) is 0.323. The van der Waals surface area contributed by atoms with E-state index in [0.29, 0.717) is 5.75 Å². The van der Waals surface area contributed by atoms with E-state index in [2.05, 4.69) is 12.6 Å². The zero-order valence-corrected chi connectivity index (χ0v) is 3.78. The van der Waals surface area contributed by atoms with Crippen molar-refractivity contribution >= 4 is 20.5 Å². The molecule has 5 heavy (non-hydrogen) atoms. The van der Waals surface area contributed by atoms with E-state index in [-0.39, 0.29) is 5.94 Å². The molecule has 0 heterocycles. The van der Waals surface area contributed by atoms with E-state index in [1.807, 2.05) is 0 Å². The lowest BCUT2D eigenvalue weighted by Gasteiger charge is -1.91. The molecule has 0 aromatic rings. The summed E-state index contributed by atoms with van der Waals surface area (Å²) in [6, 6.07) is 0. The number of nitrogens with two attached hydrogens (primary N) is 1. The molecule has 0 aliphatic heterocycles. The van der Waals surface area contributed by atoms with Gasteiger partial charge in [-0.1, -0.05) is 0 Å². The number of hydrogen-bond acceptors (Lipinski definition) is 2. The first kappa shape index (κ1) is 5.37. The third-order valence-corrected chi connectivity index (χ3v) is 0.632. The van der Waals surface area contributed by atoms with Crippen molar-refractivity contribution in [1.29, 1.82) is 0 Å². The van der Waals surface area contributed by atoms with Crippen molar-refractivity contribution in [2.45, 2.75) is 5.94 Å². The highest BCUT2D eigenvalue weighted by atomic mass is 32.1. The first-order valence-electron chi connectivity index (χ1n) is 1.39. The van der Waals surface area contributed by atoms with Crippen LogP contribution in [-0.2, 0) is 0 Å². The van der Waals surface area contributed by atoms with Crippen LogP contribution in [0.25, 0.3) is 0 Å². The first-order chi connectivity index (χ1) is 2.27. The van der Waals surface area contributed by atoms with Crippen molar-refractivity contribution < 1.29 is 0 Å². The Bertz CT molecular complexity index is 23.6. The van der Waals surface area contributed by atoms with Crippen LogP contribution < -0.4 is 5.73 Å². The van der Waals surface area contributed by atoms with E-state index in [4.69, 9.17) is 13.6 Å². The van der Waals surface area contributed by atoms with Crippen LogP contribution in [0.3, 0.4) is 0 Å². The molecule has 0 aromatic heterocycles. The molecule has 0 aliphatic rings. The van der Waals surface area contributed by atoms with Crippen LogP contribution in [-0.4, -0.2) is 19.5 Å². The van der Waals surface area contributed by atoms with E-state index < -0.39 is 0 Å². The molecule has 1 nitrogen and oxygen atoms in total. The molecular weight excluding hydrogens is 80.9 g/mol. The topological polar surface area (TPSA) is 26.0 Å². The lowest BCUT2D eigenvalue weighted by atomic mass is 10.0. The molecule has 0 rings (SSSR count). The fourth-order valence-electron chi connectivity index (χ4n) is 0. The van der Waals surface area contributed by atoms with E-state index in [1.54, 1.807) is 0 Å². The Labute approximate surface area is 38.8 Å². The van der Waals surface area contributed by atoms with E-state index >= 15 is 0 Å². The Kier molecular flexibility index (Phi) is 2.80. The van der Waals surface area contributed by atoms with E-state index in [0.717, 1.165) is 0 Å². The number of rotatable bonds is 1. The predicted octanol–water partition coefficient (Wildman–Crippen LogP) is -0.631. The molecule has 2 N–H and O–H groups in total. The summed E-state index contributed by atoms with van der Waals surface area (Å²) in [7, 11) is 4.99. The second kappa shape index (κ2) is 2.60. The van der Waals surface area contributed by atoms with Crippen LogP contribution in [0.15, 0.2) is 0 Å². The summed E-state index contributed by atoms with van der Waals surface area (Å²) >= 11 is 3.77. The average molecular weight is 87.0 g/mol. The molecule has 0 fully saturated rings. The normalized spacial score (nSPS) is 14.8. The van der Waals surface area contributed by atoms with Crippen LogP contribution in [0, 0.1) is 0 Å². The summed E-state index contributed by atoms with van der Waals surface area (Å²) in [5, 5.41) is 0. The molecule has 0 aromatic carbocycles. The molecule has 0 spiro atoms. The zero-order chi connectivity index (χ0) is 4.28. The second-order valence-electron chi connectivity index (χ2n) is 0.846. The van der Waals surface area contributed by atoms with E-state index in [9.17, 15) is 0 Å². The largest absolute Gasteiger partial charge is 0.335 e. The second-order valence-corrected chi connectivity index (χ2v) is 1.21. The Morgan fingerprint density at radius 1 is 2.00 bits per heavy atom. The molecule has 2 radical (unpaired) electrons. The monoisotopic (exact) mass is 87.0 g/mol. The van der Waals surface area contributed by atoms with Crippen molar-refractivity contribution in [3.63, 3.8) is 0 Å². The van der Waals surface area contributed by atoms with Crippen molar-refractivity contribution in [1.82, 2.24) is 0 Å². The van der Waals surface area contributed by atoms with Gasteiger partial charge >= 0.3 is 0 Å². The van der Waals surface area contributed by atoms with Crippen molar-refractivity contribution in [3.05, 3.63) is 0 Å². The molecule has 1 unspecified atom stereocenters. The van der Waals surface area contributed by atoms with E-state index in [1.165, 1.54) is 0 Å². The van der Waals surface area contributed by atoms with Crippen molar-refractivity contribution in [3.8, 4) is 0 Å². The van der Waals surface area contributed by atoms with Gasteiger partial charge in [0.15, 0.2) is 0 Å². The van der Waals surface area contributed by atoms with Gasteiger partial charge in [0.1, 0.15) is 0 Å². The average Bonchev–Trinajstić information content (AvgIpc) is 1.38. The predicted molar refractivity (Wildman–Crippen MR) is 27.6 cm³/mol. The minimum atomic E-state index is -0.252. The molecule has 1 atom stereocenters. The summed E-state index contributed by atoms with van der Waals surface area (Å²) in [5.74, 6) is 0.304. The Morgan fingerprint density at radius 3 is 2.20 bits per heavy atom. The van der Waals surface area contributed by atoms with Gasteiger partial charge in [0.2, 0.25) is 0 Å². The highest BCUT2D eigenvalue weighted by Crippen LogP contribution is 1.70. The smallest absolute Gasteiger partial charge is 0.0914 e. The van der Waals surface area contributed by atoms with Crippen molar-refractivity contribution in [2.75, 3.05) is 5.75 Å². The minimum absolute atomic E-state index is 0.252. The molecule has 0 bridgehead atoms. The standard InChI is InChI=1S/C2H6BNS/c3-2(4)1-5/h2,5H,1,4H2. The van der Waals surface area contributed by atoms with Crippen LogP contribution in [0.2, 0.25) is 0 Å². The summed E-state index contributed by atoms with van der Waals surface area (Å²) in [5.41, 5.74) is 4.99. The fourth-order valence-corrected chi connectivity index (χ4v) is 0. The van der Waals surface area contributed by atoms with Gasteiger partial charge in [-0.3, -0.25) is 0 Å². The first-order valence-corrected chi connectivity index (χ1v) is 2.02. The molecule has 0 saturated carbocycles. The van der Waals surface area contributed by atoms with Gasteiger partial charge in [-0.25, -0.2) is 0 Å². The maximum absolute atomic E-state index is 4.99. The summed E-state index contributed by atoms with van der Waals surface area (Å²) in [6.07, 6.45) is 0. The van der Waals surface area contributed by atoms with Gasteiger partial charge in [-0.2, -0.15) is 12.6 Å². The summed E-state index contributed by atoms with van der Waals surface area (Å²) in [6.45, 7) is 0. The van der Waals surface area contributed by atoms with Gasteiger partial charge in [-0.05, 0) is 11.7 Å². The highest BCUT2D eigenvalue weighted by molar-refractivity contribution is 7.80. The Hall–Kier alpha value is 0.375. The maximum atomic E-state index is 4.99.